The van der Waals surface area contributed by atoms with Crippen LogP contribution in [-0.2, 0) is 0 Å². The van der Waals surface area contributed by atoms with Crippen LogP contribution in [-0.4, -0.2) is 40.7 Å². The lowest BCUT2D eigenvalue weighted by molar-refractivity contribution is -0.0470. The Kier molecular flexibility index (Phi) is 3.81. The zero-order valence-electron chi connectivity index (χ0n) is 11.0. The van der Waals surface area contributed by atoms with E-state index in [0.717, 1.165) is 19.4 Å². The van der Waals surface area contributed by atoms with Gasteiger partial charge in [0.25, 0.3) is 0 Å². The highest BCUT2D eigenvalue weighted by molar-refractivity contribution is 5.05. The van der Waals surface area contributed by atoms with Crippen molar-refractivity contribution in [2.24, 2.45) is 0 Å². The monoisotopic (exact) mass is 245 g/mol. The van der Waals surface area contributed by atoms with Crippen LogP contribution in [0.25, 0.3) is 0 Å². The molecular formula is C15H23N3. The number of likely N-dealkylation sites (tertiary alicyclic amines) is 1. The molecule has 1 unspecified atom stereocenters. The Morgan fingerprint density at radius 2 is 1.61 bits per heavy atom. The summed E-state index contributed by atoms with van der Waals surface area (Å²) in [5, 5.41) is 4.75. The molecule has 3 rings (SSSR count). The summed E-state index contributed by atoms with van der Waals surface area (Å²) in [6.07, 6.45) is 20.4. The minimum atomic E-state index is 0.450. The lowest BCUT2D eigenvalue weighted by Gasteiger charge is -2.45. The van der Waals surface area contributed by atoms with E-state index < -0.39 is 0 Å². The molecule has 3 aliphatic heterocycles. The summed E-state index contributed by atoms with van der Waals surface area (Å²) in [6.45, 7) is 3.60. The molecule has 0 saturated carbocycles. The molecule has 1 atom stereocenters. The van der Waals surface area contributed by atoms with E-state index in [0.29, 0.717) is 6.17 Å². The fraction of sp³-hybridized carbons (Fsp3) is 0.600. The highest BCUT2D eigenvalue weighted by atomic mass is 15.7. The molecule has 0 aromatic heterocycles. The first-order valence-electron chi connectivity index (χ1n) is 7.24. The van der Waals surface area contributed by atoms with Gasteiger partial charge in [0, 0.05) is 18.9 Å². The summed E-state index contributed by atoms with van der Waals surface area (Å²) in [4.78, 5) is 2.62. The van der Waals surface area contributed by atoms with Crippen molar-refractivity contribution < 1.29 is 0 Å². The first kappa shape index (κ1) is 12.0. The Hall–Kier alpha value is -1.06. The third-order valence-electron chi connectivity index (χ3n) is 3.99. The minimum absolute atomic E-state index is 0.450. The van der Waals surface area contributed by atoms with Crippen LogP contribution in [0.2, 0.25) is 0 Å². The van der Waals surface area contributed by atoms with E-state index >= 15 is 0 Å². The SMILES string of the molecule is C1=CN(N2CCC=CC2N2CCCCC2)C=CC1. The van der Waals surface area contributed by atoms with E-state index in [1.54, 1.807) is 0 Å². The number of rotatable bonds is 2. The molecule has 3 heterocycles. The van der Waals surface area contributed by atoms with Gasteiger partial charge in [0.1, 0.15) is 0 Å². The summed E-state index contributed by atoms with van der Waals surface area (Å²) in [5.74, 6) is 0. The maximum Gasteiger partial charge on any atom is 0.0998 e. The molecule has 0 radical (unpaired) electrons. The van der Waals surface area contributed by atoms with Gasteiger partial charge in [-0.05, 0) is 38.8 Å². The Labute approximate surface area is 110 Å². The second-order valence-electron chi connectivity index (χ2n) is 5.28. The fourth-order valence-corrected chi connectivity index (χ4v) is 3.04. The van der Waals surface area contributed by atoms with Crippen molar-refractivity contribution in [1.29, 1.82) is 0 Å². The highest BCUT2D eigenvalue weighted by Crippen LogP contribution is 2.22. The topological polar surface area (TPSA) is 9.72 Å². The van der Waals surface area contributed by atoms with Crippen LogP contribution in [0.5, 0.6) is 0 Å². The highest BCUT2D eigenvalue weighted by Gasteiger charge is 2.28. The van der Waals surface area contributed by atoms with E-state index in [1.807, 2.05) is 0 Å². The number of hydrogen-bond acceptors (Lipinski definition) is 3. The molecule has 3 aliphatic rings. The second-order valence-corrected chi connectivity index (χ2v) is 5.28. The normalized spacial score (nSPS) is 30.0. The molecule has 1 fully saturated rings. The number of hydrazine groups is 1. The van der Waals surface area contributed by atoms with Crippen molar-refractivity contribution in [3.05, 3.63) is 36.7 Å². The van der Waals surface area contributed by atoms with Gasteiger partial charge in [-0.15, -0.1) is 0 Å². The van der Waals surface area contributed by atoms with Gasteiger partial charge in [-0.1, -0.05) is 30.7 Å². The van der Waals surface area contributed by atoms with Crippen LogP contribution in [0, 0.1) is 0 Å². The summed E-state index contributed by atoms with van der Waals surface area (Å²) >= 11 is 0. The quantitative estimate of drug-likeness (QED) is 0.693. The van der Waals surface area contributed by atoms with Gasteiger partial charge in [-0.2, -0.15) is 5.01 Å². The molecule has 18 heavy (non-hydrogen) atoms. The second kappa shape index (κ2) is 5.72. The third-order valence-corrected chi connectivity index (χ3v) is 3.99. The van der Waals surface area contributed by atoms with Crippen LogP contribution >= 0.6 is 0 Å². The Morgan fingerprint density at radius 1 is 0.833 bits per heavy atom. The smallest absolute Gasteiger partial charge is 0.0998 e. The standard InChI is InChI=1S/C15H23N3/c1-4-10-16(11-5-1)15-9-3-8-14-18(15)17-12-6-2-7-13-17/h3,6-7,9,12-13,15H,1-2,4-5,8,10-11,14H2. The van der Waals surface area contributed by atoms with E-state index in [-0.39, 0.29) is 0 Å². The van der Waals surface area contributed by atoms with E-state index in [1.165, 1.54) is 32.4 Å². The van der Waals surface area contributed by atoms with Gasteiger partial charge in [0.2, 0.25) is 0 Å². The van der Waals surface area contributed by atoms with Crippen molar-refractivity contribution in [1.82, 2.24) is 14.9 Å². The molecule has 98 valence electrons. The van der Waals surface area contributed by atoms with E-state index in [4.69, 9.17) is 0 Å². The zero-order valence-corrected chi connectivity index (χ0v) is 11.0. The zero-order chi connectivity index (χ0) is 12.2. The molecule has 0 aliphatic carbocycles. The van der Waals surface area contributed by atoms with Gasteiger partial charge < -0.3 is 0 Å². The van der Waals surface area contributed by atoms with Gasteiger partial charge in [-0.3, -0.25) is 9.91 Å². The van der Waals surface area contributed by atoms with Crippen LogP contribution in [0.1, 0.15) is 32.1 Å². The molecular weight excluding hydrogens is 222 g/mol. The predicted octanol–water partition coefficient (Wildman–Crippen LogP) is 2.71. The van der Waals surface area contributed by atoms with Crippen molar-refractivity contribution >= 4 is 0 Å². The minimum Gasteiger partial charge on any atom is -0.288 e. The average molecular weight is 245 g/mol. The van der Waals surface area contributed by atoms with Crippen LogP contribution in [0.3, 0.4) is 0 Å². The maximum atomic E-state index is 2.62. The van der Waals surface area contributed by atoms with Crippen LogP contribution in [0.4, 0.5) is 0 Å². The van der Waals surface area contributed by atoms with Crippen molar-refractivity contribution in [3.8, 4) is 0 Å². The van der Waals surface area contributed by atoms with Crippen LogP contribution in [0.15, 0.2) is 36.7 Å². The van der Waals surface area contributed by atoms with Gasteiger partial charge in [0.15, 0.2) is 0 Å². The molecule has 1 saturated heterocycles. The van der Waals surface area contributed by atoms with Crippen LogP contribution < -0.4 is 0 Å². The summed E-state index contributed by atoms with van der Waals surface area (Å²) in [5.41, 5.74) is 0. The van der Waals surface area contributed by atoms with E-state index in [2.05, 4.69) is 51.6 Å². The molecule has 3 nitrogen and oxygen atoms in total. The molecule has 0 aromatic rings. The lowest BCUT2D eigenvalue weighted by atomic mass is 10.1. The maximum absolute atomic E-state index is 2.62. The number of hydrogen-bond donors (Lipinski definition) is 0. The Bertz CT molecular complexity index is 341. The summed E-state index contributed by atoms with van der Waals surface area (Å²) < 4.78 is 0. The molecule has 0 spiro atoms. The predicted molar refractivity (Wildman–Crippen MR) is 74.4 cm³/mol. The molecule has 0 aromatic carbocycles. The summed E-state index contributed by atoms with van der Waals surface area (Å²) in [7, 11) is 0. The first-order chi connectivity index (χ1) is 8.95. The largest absolute Gasteiger partial charge is 0.288 e. The van der Waals surface area contributed by atoms with Crippen molar-refractivity contribution in [2.75, 3.05) is 19.6 Å². The number of nitrogens with zero attached hydrogens (tertiary/aromatic N) is 3. The Morgan fingerprint density at radius 3 is 2.39 bits per heavy atom. The molecule has 0 bridgehead atoms. The van der Waals surface area contributed by atoms with Gasteiger partial charge >= 0.3 is 0 Å². The third kappa shape index (κ3) is 2.52. The van der Waals surface area contributed by atoms with E-state index in [9.17, 15) is 0 Å². The molecule has 3 heteroatoms. The molecule has 0 N–H and O–H groups in total. The molecule has 0 amide bonds. The van der Waals surface area contributed by atoms with Crippen molar-refractivity contribution in [3.63, 3.8) is 0 Å². The lowest BCUT2D eigenvalue weighted by Crippen LogP contribution is -2.54. The van der Waals surface area contributed by atoms with Crippen molar-refractivity contribution in [2.45, 2.75) is 38.3 Å². The first-order valence-corrected chi connectivity index (χ1v) is 7.24. The summed E-state index contributed by atoms with van der Waals surface area (Å²) in [6, 6.07) is 0. The number of piperidine rings is 1. The number of allylic oxidation sites excluding steroid dienone is 2. The van der Waals surface area contributed by atoms with Gasteiger partial charge in [0.05, 0.1) is 6.17 Å². The fourth-order valence-electron chi connectivity index (χ4n) is 3.04. The van der Waals surface area contributed by atoms with Gasteiger partial charge in [-0.25, -0.2) is 0 Å². The Balaban J connectivity index is 1.74. The average Bonchev–Trinajstić information content (AvgIpc) is 2.49.